The summed E-state index contributed by atoms with van der Waals surface area (Å²) in [5.74, 6) is -2.50. The highest BCUT2D eigenvalue weighted by Crippen LogP contribution is 2.21. The first-order chi connectivity index (χ1) is 19.1. The monoisotopic (exact) mass is 551 g/mol. The number of nitrogens with two attached hydrogens (primary N) is 1. The van der Waals surface area contributed by atoms with E-state index < -0.39 is 47.9 Å². The Labute approximate surface area is 232 Å². The first-order valence-corrected chi connectivity index (χ1v) is 13.6. The number of likely N-dealkylation sites (tertiary alicyclic amines) is 1. The number of benzene rings is 1. The van der Waals surface area contributed by atoms with Crippen LogP contribution in [0.25, 0.3) is 10.9 Å². The van der Waals surface area contributed by atoms with Gasteiger partial charge in [0.05, 0.1) is 12.4 Å². The summed E-state index contributed by atoms with van der Waals surface area (Å²) in [6, 6.07) is 3.92. The third-order valence-electron chi connectivity index (χ3n) is 7.21. The van der Waals surface area contributed by atoms with Gasteiger partial charge in [-0.1, -0.05) is 32.0 Å². The maximum absolute atomic E-state index is 13.8. The molecule has 1 aliphatic rings. The Balaban J connectivity index is 1.47. The van der Waals surface area contributed by atoms with Gasteiger partial charge < -0.3 is 36.3 Å². The fourth-order valence-corrected chi connectivity index (χ4v) is 5.19. The number of hydrogen-bond donors (Lipinski definition) is 6. The lowest BCUT2D eigenvalue weighted by molar-refractivity contribution is -0.145. The van der Waals surface area contributed by atoms with Crippen molar-refractivity contribution in [1.82, 2.24) is 30.5 Å². The Morgan fingerprint density at radius 2 is 1.90 bits per heavy atom. The third kappa shape index (κ3) is 6.87. The van der Waals surface area contributed by atoms with Crippen molar-refractivity contribution in [3.05, 3.63) is 54.2 Å². The van der Waals surface area contributed by atoms with Gasteiger partial charge in [0.25, 0.3) is 0 Å². The number of rotatable bonds is 12. The van der Waals surface area contributed by atoms with E-state index in [9.17, 15) is 24.3 Å². The summed E-state index contributed by atoms with van der Waals surface area (Å²) in [7, 11) is 0. The van der Waals surface area contributed by atoms with Crippen LogP contribution in [0.5, 0.6) is 0 Å². The SMILES string of the molecule is CC(C)CC(NC(=O)C1CCCN1C(=O)C(Cc1cnc[nH]1)NC(=O)C(N)Cc1c[nH]c2ccccc12)C(=O)O. The Hall–Kier alpha value is -4.19. The first kappa shape index (κ1) is 28.8. The van der Waals surface area contributed by atoms with Crippen LogP contribution < -0.4 is 16.4 Å². The van der Waals surface area contributed by atoms with Crippen LogP contribution in [0.2, 0.25) is 0 Å². The van der Waals surface area contributed by atoms with E-state index in [2.05, 4.69) is 25.6 Å². The lowest BCUT2D eigenvalue weighted by atomic mass is 10.0. The molecule has 2 aromatic heterocycles. The number of nitrogens with zero attached hydrogens (tertiary/aromatic N) is 2. The van der Waals surface area contributed by atoms with Crippen LogP contribution in [-0.4, -0.2) is 79.4 Å². The van der Waals surface area contributed by atoms with E-state index in [1.165, 1.54) is 11.2 Å². The summed E-state index contributed by atoms with van der Waals surface area (Å²) in [4.78, 5) is 63.3. The van der Waals surface area contributed by atoms with Gasteiger partial charge in [-0.2, -0.15) is 0 Å². The van der Waals surface area contributed by atoms with Gasteiger partial charge in [0, 0.05) is 42.0 Å². The average Bonchev–Trinajstić information content (AvgIpc) is 3.69. The number of imidazole rings is 1. The zero-order valence-electron chi connectivity index (χ0n) is 22.7. The molecule has 4 unspecified atom stereocenters. The smallest absolute Gasteiger partial charge is 0.326 e. The maximum atomic E-state index is 13.8. The minimum atomic E-state index is -1.12. The molecular formula is C28H37N7O5. The maximum Gasteiger partial charge on any atom is 0.326 e. The van der Waals surface area contributed by atoms with E-state index in [4.69, 9.17) is 5.73 Å². The predicted octanol–water partition coefficient (Wildman–Crippen LogP) is 1.09. The number of carboxylic acid groups (broad SMARTS) is 1. The Morgan fingerprint density at radius 3 is 2.60 bits per heavy atom. The summed E-state index contributed by atoms with van der Waals surface area (Å²) in [6.07, 6.45) is 6.51. The first-order valence-electron chi connectivity index (χ1n) is 13.6. The van der Waals surface area contributed by atoms with Crippen LogP contribution in [0.4, 0.5) is 0 Å². The van der Waals surface area contributed by atoms with Gasteiger partial charge in [-0.25, -0.2) is 9.78 Å². The van der Waals surface area contributed by atoms with E-state index in [1.54, 1.807) is 6.20 Å². The molecule has 0 aliphatic carbocycles. The molecule has 40 heavy (non-hydrogen) atoms. The van der Waals surface area contributed by atoms with Crippen molar-refractivity contribution in [3.63, 3.8) is 0 Å². The highest BCUT2D eigenvalue weighted by atomic mass is 16.4. The van der Waals surface area contributed by atoms with Gasteiger partial charge in [0.1, 0.15) is 18.1 Å². The largest absolute Gasteiger partial charge is 0.480 e. The number of fused-ring (bicyclic) bond motifs is 1. The van der Waals surface area contributed by atoms with Crippen molar-refractivity contribution < 1.29 is 24.3 Å². The molecule has 3 heterocycles. The number of para-hydroxylation sites is 1. The molecule has 7 N–H and O–H groups in total. The lowest BCUT2D eigenvalue weighted by Crippen LogP contribution is -2.57. The predicted molar refractivity (Wildman–Crippen MR) is 148 cm³/mol. The van der Waals surface area contributed by atoms with Crippen molar-refractivity contribution in [1.29, 1.82) is 0 Å². The molecule has 0 saturated carbocycles. The molecule has 0 spiro atoms. The van der Waals surface area contributed by atoms with Gasteiger partial charge in [-0.3, -0.25) is 14.4 Å². The standard InChI is InChI=1S/C28H37N7O5/c1-16(2)10-23(28(39)40)34-26(37)24-8-5-9-35(24)27(38)22(12-18-14-30-15-32-18)33-25(36)20(29)11-17-13-31-21-7-4-3-6-19(17)21/h3-4,6-7,13-16,20,22-24,31H,5,8-12,29H2,1-2H3,(H,30,32)(H,33,36)(H,34,37)(H,39,40). The second-order valence-corrected chi connectivity index (χ2v) is 10.7. The van der Waals surface area contributed by atoms with Crippen molar-refractivity contribution in [2.75, 3.05) is 6.54 Å². The van der Waals surface area contributed by atoms with Gasteiger partial charge in [0.2, 0.25) is 17.7 Å². The third-order valence-corrected chi connectivity index (χ3v) is 7.21. The van der Waals surface area contributed by atoms with Gasteiger partial charge in [0.15, 0.2) is 0 Å². The molecule has 1 saturated heterocycles. The second-order valence-electron chi connectivity index (χ2n) is 10.7. The number of aliphatic carboxylic acids is 1. The Bertz CT molecular complexity index is 1340. The number of carbonyl (C=O) groups excluding carboxylic acids is 3. The van der Waals surface area contributed by atoms with Crippen LogP contribution >= 0.6 is 0 Å². The van der Waals surface area contributed by atoms with E-state index in [0.717, 1.165) is 16.5 Å². The molecule has 1 aliphatic heterocycles. The number of aromatic amines is 2. The quantitative estimate of drug-likeness (QED) is 0.194. The molecule has 214 valence electrons. The van der Waals surface area contributed by atoms with Crippen LogP contribution in [0.1, 0.15) is 44.4 Å². The van der Waals surface area contributed by atoms with Crippen molar-refractivity contribution in [2.45, 2.75) is 70.1 Å². The number of nitrogens with one attached hydrogen (secondary N) is 4. The highest BCUT2D eigenvalue weighted by Gasteiger charge is 2.39. The van der Waals surface area contributed by atoms with Crippen LogP contribution in [0, 0.1) is 5.92 Å². The van der Waals surface area contributed by atoms with Crippen LogP contribution in [-0.2, 0) is 32.0 Å². The lowest BCUT2D eigenvalue weighted by Gasteiger charge is -2.30. The summed E-state index contributed by atoms with van der Waals surface area (Å²) >= 11 is 0. The molecule has 4 rings (SSSR count). The molecule has 3 amide bonds. The molecule has 4 atom stereocenters. The molecule has 12 heteroatoms. The average molecular weight is 552 g/mol. The zero-order chi connectivity index (χ0) is 28.8. The fourth-order valence-electron chi connectivity index (χ4n) is 5.19. The molecule has 12 nitrogen and oxygen atoms in total. The van der Waals surface area contributed by atoms with Crippen molar-refractivity contribution in [3.8, 4) is 0 Å². The van der Waals surface area contributed by atoms with E-state index in [-0.39, 0.29) is 25.2 Å². The molecule has 1 fully saturated rings. The number of carbonyl (C=O) groups is 4. The van der Waals surface area contributed by atoms with E-state index >= 15 is 0 Å². The Kier molecular flexibility index (Phi) is 9.20. The number of amides is 3. The molecule has 1 aromatic carbocycles. The molecule has 0 radical (unpaired) electrons. The number of H-pyrrole nitrogens is 2. The highest BCUT2D eigenvalue weighted by molar-refractivity contribution is 5.95. The number of carboxylic acids is 1. The number of hydrogen-bond acceptors (Lipinski definition) is 6. The Morgan fingerprint density at radius 1 is 1.12 bits per heavy atom. The number of aromatic nitrogens is 3. The molecule has 0 bridgehead atoms. The van der Waals surface area contributed by atoms with Gasteiger partial charge >= 0.3 is 5.97 Å². The van der Waals surface area contributed by atoms with Gasteiger partial charge in [-0.05, 0) is 43.2 Å². The summed E-state index contributed by atoms with van der Waals surface area (Å²) in [5.41, 5.74) is 8.74. The van der Waals surface area contributed by atoms with Gasteiger partial charge in [-0.15, -0.1) is 0 Å². The topological polar surface area (TPSA) is 186 Å². The molecular weight excluding hydrogens is 514 g/mol. The summed E-state index contributed by atoms with van der Waals surface area (Å²) in [5, 5.41) is 15.9. The minimum absolute atomic E-state index is 0.0603. The van der Waals surface area contributed by atoms with Crippen LogP contribution in [0.15, 0.2) is 43.0 Å². The molecule has 3 aromatic rings. The zero-order valence-corrected chi connectivity index (χ0v) is 22.7. The minimum Gasteiger partial charge on any atom is -0.480 e. The summed E-state index contributed by atoms with van der Waals surface area (Å²) < 4.78 is 0. The van der Waals surface area contributed by atoms with E-state index in [0.29, 0.717) is 25.1 Å². The van der Waals surface area contributed by atoms with E-state index in [1.807, 2.05) is 44.3 Å². The van der Waals surface area contributed by atoms with Crippen LogP contribution in [0.3, 0.4) is 0 Å². The van der Waals surface area contributed by atoms with Crippen molar-refractivity contribution >= 4 is 34.6 Å². The second kappa shape index (κ2) is 12.8. The normalized spacial score (nSPS) is 17.5. The summed E-state index contributed by atoms with van der Waals surface area (Å²) in [6.45, 7) is 4.06. The fraction of sp³-hybridized carbons (Fsp3) is 0.464. The van der Waals surface area contributed by atoms with Crippen molar-refractivity contribution in [2.24, 2.45) is 11.7 Å².